The van der Waals surface area contributed by atoms with E-state index in [2.05, 4.69) is 10.3 Å². The van der Waals surface area contributed by atoms with Gasteiger partial charge in [-0.25, -0.2) is 5.48 Å². The van der Waals surface area contributed by atoms with Crippen LogP contribution in [0.2, 0.25) is 0 Å². The summed E-state index contributed by atoms with van der Waals surface area (Å²) in [5.41, 5.74) is 2.73. The second-order valence-corrected chi connectivity index (χ2v) is 6.33. The van der Waals surface area contributed by atoms with Gasteiger partial charge in [0.15, 0.2) is 0 Å². The Morgan fingerprint density at radius 3 is 2.53 bits per heavy atom. The Morgan fingerprint density at radius 1 is 1.07 bits per heavy atom. The van der Waals surface area contributed by atoms with Crippen molar-refractivity contribution in [2.45, 2.75) is 12.7 Å². The molecule has 0 saturated carbocycles. The third kappa shape index (κ3) is 5.24. The van der Waals surface area contributed by atoms with Crippen LogP contribution in [0, 0.1) is 0 Å². The van der Waals surface area contributed by atoms with Crippen molar-refractivity contribution in [1.29, 1.82) is 0 Å². The van der Waals surface area contributed by atoms with Crippen molar-refractivity contribution in [2.24, 2.45) is 0 Å². The number of anilines is 1. The molecule has 3 aromatic rings. The van der Waals surface area contributed by atoms with Gasteiger partial charge in [-0.2, -0.15) is 13.2 Å². The van der Waals surface area contributed by atoms with E-state index in [0.29, 0.717) is 16.8 Å². The van der Waals surface area contributed by atoms with Gasteiger partial charge < -0.3 is 5.32 Å². The number of alkyl halides is 3. The highest BCUT2D eigenvalue weighted by Crippen LogP contribution is 2.38. The van der Waals surface area contributed by atoms with Gasteiger partial charge in [-0.3, -0.25) is 15.0 Å². The van der Waals surface area contributed by atoms with Crippen molar-refractivity contribution in [3.8, 4) is 11.1 Å². The molecular formula is C22H18F3N3O2. The molecule has 1 amide bonds. The van der Waals surface area contributed by atoms with Gasteiger partial charge in [0.1, 0.15) is 0 Å². The second kappa shape index (κ2) is 9.23. The molecule has 0 spiro atoms. The molecule has 0 unspecified atom stereocenters. The van der Waals surface area contributed by atoms with Crippen LogP contribution in [-0.2, 0) is 17.5 Å². The highest BCUT2D eigenvalue weighted by molar-refractivity contribution is 5.90. The third-order valence-corrected chi connectivity index (χ3v) is 4.32. The number of hydrogen-bond acceptors (Lipinski definition) is 4. The fraction of sp³-hybridized carbons (Fsp3) is 0.0909. The lowest BCUT2D eigenvalue weighted by Gasteiger charge is -2.16. The lowest BCUT2D eigenvalue weighted by molar-refractivity contribution is -0.137. The second-order valence-electron chi connectivity index (χ2n) is 6.33. The first-order valence-corrected chi connectivity index (χ1v) is 8.95. The molecule has 3 rings (SSSR count). The van der Waals surface area contributed by atoms with Gasteiger partial charge in [0, 0.05) is 18.0 Å². The van der Waals surface area contributed by atoms with Crippen LogP contribution >= 0.6 is 0 Å². The molecule has 1 heterocycles. The van der Waals surface area contributed by atoms with Crippen molar-refractivity contribution in [1.82, 2.24) is 10.5 Å². The number of nitrogens with one attached hydrogen (secondary N) is 2. The van der Waals surface area contributed by atoms with E-state index in [1.807, 2.05) is 0 Å². The average Bonchev–Trinajstić information content (AvgIpc) is 2.76. The van der Waals surface area contributed by atoms with Crippen LogP contribution in [0.5, 0.6) is 0 Å². The molecule has 2 aromatic carbocycles. The monoisotopic (exact) mass is 413 g/mol. The molecule has 8 heteroatoms. The zero-order chi connectivity index (χ0) is 21.6. The molecule has 3 N–H and O–H groups in total. The highest BCUT2D eigenvalue weighted by Gasteiger charge is 2.34. The van der Waals surface area contributed by atoms with Crippen LogP contribution in [-0.4, -0.2) is 16.1 Å². The van der Waals surface area contributed by atoms with Gasteiger partial charge in [0.2, 0.25) is 0 Å². The first kappa shape index (κ1) is 21.1. The maximum Gasteiger partial charge on any atom is 0.417 e. The maximum absolute atomic E-state index is 13.6. The summed E-state index contributed by atoms with van der Waals surface area (Å²) in [6.45, 7) is 0.142. The quantitative estimate of drug-likeness (QED) is 0.305. The molecule has 0 aliphatic carbocycles. The number of halogens is 3. The summed E-state index contributed by atoms with van der Waals surface area (Å²) in [6, 6.07) is 15.8. The summed E-state index contributed by atoms with van der Waals surface area (Å²) >= 11 is 0. The molecule has 5 nitrogen and oxygen atoms in total. The summed E-state index contributed by atoms with van der Waals surface area (Å²) < 4.78 is 40.9. The SMILES string of the molecule is O=C(C=Cc1cccnc1CNc1ccc(-c2ccccc2)c(C(F)(F)F)c1)NO. The summed E-state index contributed by atoms with van der Waals surface area (Å²) in [7, 11) is 0. The largest absolute Gasteiger partial charge is 0.417 e. The van der Waals surface area contributed by atoms with E-state index in [1.54, 1.807) is 54.7 Å². The Kier molecular flexibility index (Phi) is 6.48. The van der Waals surface area contributed by atoms with E-state index in [0.717, 1.165) is 12.1 Å². The maximum atomic E-state index is 13.6. The average molecular weight is 413 g/mol. The third-order valence-electron chi connectivity index (χ3n) is 4.32. The van der Waals surface area contributed by atoms with E-state index < -0.39 is 17.6 Å². The molecule has 0 bridgehead atoms. The Bertz CT molecular complexity index is 1050. The van der Waals surface area contributed by atoms with Crippen LogP contribution in [0.3, 0.4) is 0 Å². The Labute approximate surface area is 170 Å². The molecule has 0 atom stereocenters. The number of hydroxylamine groups is 1. The summed E-state index contributed by atoms with van der Waals surface area (Å²) in [5.74, 6) is -0.705. The minimum Gasteiger partial charge on any atom is -0.379 e. The molecular weight excluding hydrogens is 395 g/mol. The molecule has 0 aliphatic rings. The predicted octanol–water partition coefficient (Wildman–Crippen LogP) is 4.90. The van der Waals surface area contributed by atoms with E-state index in [4.69, 9.17) is 5.21 Å². The van der Waals surface area contributed by atoms with Crippen LogP contribution in [0.25, 0.3) is 17.2 Å². The zero-order valence-electron chi connectivity index (χ0n) is 15.6. The van der Waals surface area contributed by atoms with Crippen LogP contribution < -0.4 is 10.8 Å². The summed E-state index contributed by atoms with van der Waals surface area (Å²) in [4.78, 5) is 15.4. The van der Waals surface area contributed by atoms with Gasteiger partial charge in [0.05, 0.1) is 17.8 Å². The summed E-state index contributed by atoms with van der Waals surface area (Å²) in [5, 5.41) is 11.5. The van der Waals surface area contributed by atoms with E-state index >= 15 is 0 Å². The standard InChI is InChI=1S/C22H18F3N3O2/c23-22(24,25)19-13-17(9-10-18(19)15-5-2-1-3-6-15)27-14-20-16(7-4-12-26-20)8-11-21(29)28-30/h1-13,27,30H,14H2,(H,28,29). The number of pyridine rings is 1. The number of amides is 1. The number of benzene rings is 2. The Morgan fingerprint density at radius 2 is 1.83 bits per heavy atom. The van der Waals surface area contributed by atoms with E-state index in [-0.39, 0.29) is 17.8 Å². The predicted molar refractivity (Wildman–Crippen MR) is 107 cm³/mol. The fourth-order valence-corrected chi connectivity index (χ4v) is 2.90. The fourth-order valence-electron chi connectivity index (χ4n) is 2.90. The van der Waals surface area contributed by atoms with Gasteiger partial charge in [-0.15, -0.1) is 0 Å². The first-order valence-electron chi connectivity index (χ1n) is 8.95. The molecule has 1 aromatic heterocycles. The number of carbonyl (C=O) groups excluding carboxylic acids is 1. The van der Waals surface area contributed by atoms with Gasteiger partial charge >= 0.3 is 6.18 Å². The number of aromatic nitrogens is 1. The van der Waals surface area contributed by atoms with E-state index in [9.17, 15) is 18.0 Å². The summed E-state index contributed by atoms with van der Waals surface area (Å²) in [6.07, 6.45) is -0.397. The lowest BCUT2D eigenvalue weighted by Crippen LogP contribution is -2.15. The van der Waals surface area contributed by atoms with Crippen molar-refractivity contribution in [2.75, 3.05) is 5.32 Å². The number of rotatable bonds is 6. The number of hydrogen-bond donors (Lipinski definition) is 3. The zero-order valence-corrected chi connectivity index (χ0v) is 15.6. The molecule has 30 heavy (non-hydrogen) atoms. The van der Waals surface area contributed by atoms with E-state index in [1.165, 1.54) is 17.6 Å². The molecule has 0 aliphatic heterocycles. The molecule has 0 fully saturated rings. The lowest BCUT2D eigenvalue weighted by atomic mass is 9.98. The first-order chi connectivity index (χ1) is 14.4. The van der Waals surface area contributed by atoms with Gasteiger partial charge in [-0.1, -0.05) is 42.5 Å². The molecule has 0 radical (unpaired) electrons. The molecule has 0 saturated heterocycles. The van der Waals surface area contributed by atoms with Crippen molar-refractivity contribution in [3.63, 3.8) is 0 Å². The van der Waals surface area contributed by atoms with Crippen molar-refractivity contribution < 1.29 is 23.2 Å². The Balaban J connectivity index is 1.85. The van der Waals surface area contributed by atoms with Crippen molar-refractivity contribution >= 4 is 17.7 Å². The normalized spacial score (nSPS) is 11.5. The minimum absolute atomic E-state index is 0.102. The van der Waals surface area contributed by atoms with Crippen LogP contribution in [0.15, 0.2) is 72.9 Å². The smallest absolute Gasteiger partial charge is 0.379 e. The van der Waals surface area contributed by atoms with Gasteiger partial charge in [-0.05, 0) is 41.0 Å². The molecule has 154 valence electrons. The van der Waals surface area contributed by atoms with Crippen molar-refractivity contribution in [3.05, 3.63) is 89.8 Å². The minimum atomic E-state index is -4.51. The Hall–Kier alpha value is -3.65. The topological polar surface area (TPSA) is 74.2 Å². The van der Waals surface area contributed by atoms with Crippen LogP contribution in [0.4, 0.5) is 18.9 Å². The number of carbonyl (C=O) groups is 1. The van der Waals surface area contributed by atoms with Crippen LogP contribution in [0.1, 0.15) is 16.8 Å². The highest BCUT2D eigenvalue weighted by atomic mass is 19.4. The number of nitrogens with zero attached hydrogens (tertiary/aromatic N) is 1. The van der Waals surface area contributed by atoms with Gasteiger partial charge in [0.25, 0.3) is 5.91 Å².